The molecule has 0 amide bonds. The van der Waals surface area contributed by atoms with Crippen LogP contribution in [0.1, 0.15) is 24.8 Å². The van der Waals surface area contributed by atoms with Crippen molar-refractivity contribution in [2.75, 3.05) is 5.43 Å². The van der Waals surface area contributed by atoms with Gasteiger partial charge in [0.25, 0.3) is 11.4 Å². The minimum absolute atomic E-state index is 0.0700. The van der Waals surface area contributed by atoms with Crippen LogP contribution in [-0.4, -0.2) is 15.6 Å². The van der Waals surface area contributed by atoms with Gasteiger partial charge in [-0.1, -0.05) is 30.3 Å². The highest BCUT2D eigenvalue weighted by Gasteiger charge is 2.20. The van der Waals surface area contributed by atoms with E-state index >= 15 is 0 Å². The lowest BCUT2D eigenvalue weighted by molar-refractivity contribution is -0.394. The monoisotopic (exact) mass is 394 g/mol. The van der Waals surface area contributed by atoms with E-state index in [1.807, 2.05) is 36.4 Å². The predicted molar refractivity (Wildman–Crippen MR) is 108 cm³/mol. The molecule has 0 heterocycles. The first kappa shape index (κ1) is 19.7. The maximum absolute atomic E-state index is 12.7. The maximum atomic E-state index is 12.7. The first-order valence-corrected chi connectivity index (χ1v) is 8.89. The normalized spacial score (nSPS) is 16.6. The molecule has 9 nitrogen and oxygen atoms in total. The molecule has 2 aromatic rings. The average molecular weight is 394 g/mol. The number of allylic oxidation sites excluding steroid dienone is 2. The van der Waals surface area contributed by atoms with Crippen LogP contribution in [0.3, 0.4) is 0 Å². The molecule has 1 aliphatic rings. The molecule has 9 heteroatoms. The molecule has 2 aromatic carbocycles. The van der Waals surface area contributed by atoms with Crippen molar-refractivity contribution in [3.63, 3.8) is 0 Å². The van der Waals surface area contributed by atoms with Crippen LogP contribution in [0.25, 0.3) is 6.08 Å². The molecule has 0 saturated heterocycles. The lowest BCUT2D eigenvalue weighted by Crippen LogP contribution is -2.20. The average Bonchev–Trinajstić information content (AvgIpc) is 2.71. The van der Waals surface area contributed by atoms with Crippen LogP contribution in [0.15, 0.2) is 65.9 Å². The summed E-state index contributed by atoms with van der Waals surface area (Å²) < 4.78 is 0. The number of carbonyl (C=O) groups is 1. The standard InChI is InChI=1S/C20H18N4O5/c25-20-15(9-14-5-2-1-3-6-14)7-4-8-16(20)13-21-22-17-10-18(23(26)27)12-19(11-17)24(28)29/h1-3,5-6,9-13,21-22H,4,7-8H2/b15-9-,16-13?. The predicted octanol–water partition coefficient (Wildman–Crippen LogP) is 4.14. The number of ketones is 1. The number of carbonyl (C=O) groups excluding carboxylic acids is 1. The largest absolute Gasteiger partial charge is 0.308 e. The maximum Gasteiger partial charge on any atom is 0.278 e. The summed E-state index contributed by atoms with van der Waals surface area (Å²) >= 11 is 0. The Hall–Kier alpha value is -4.01. The van der Waals surface area contributed by atoms with Gasteiger partial charge in [-0.3, -0.25) is 25.0 Å². The number of nitrogens with zero attached hydrogens (tertiary/aromatic N) is 2. The Balaban J connectivity index is 1.73. The van der Waals surface area contributed by atoms with Gasteiger partial charge in [-0.15, -0.1) is 0 Å². The second-order valence-corrected chi connectivity index (χ2v) is 6.45. The van der Waals surface area contributed by atoms with Crippen molar-refractivity contribution >= 4 is 28.9 Å². The fourth-order valence-electron chi connectivity index (χ4n) is 3.01. The van der Waals surface area contributed by atoms with Gasteiger partial charge in [0, 0.05) is 29.5 Å². The molecule has 0 atom stereocenters. The van der Waals surface area contributed by atoms with Gasteiger partial charge in [0.05, 0.1) is 21.6 Å². The molecule has 0 unspecified atom stereocenters. The van der Waals surface area contributed by atoms with E-state index in [0.29, 0.717) is 24.0 Å². The van der Waals surface area contributed by atoms with E-state index in [1.54, 1.807) is 0 Å². The number of hydrogen-bond donors (Lipinski definition) is 2. The molecule has 1 saturated carbocycles. The number of Topliss-reactive ketones (excluding diaryl/α,β-unsaturated/α-hetero) is 1. The number of benzene rings is 2. The molecule has 0 spiro atoms. The summed E-state index contributed by atoms with van der Waals surface area (Å²) in [5.74, 6) is -0.0700. The van der Waals surface area contributed by atoms with Crippen molar-refractivity contribution < 1.29 is 14.6 Å². The molecule has 148 valence electrons. The van der Waals surface area contributed by atoms with E-state index in [1.165, 1.54) is 18.3 Å². The highest BCUT2D eigenvalue weighted by molar-refractivity contribution is 6.11. The van der Waals surface area contributed by atoms with E-state index in [0.717, 1.165) is 18.1 Å². The molecule has 0 bridgehead atoms. The first-order chi connectivity index (χ1) is 13.9. The van der Waals surface area contributed by atoms with Gasteiger partial charge in [-0.05, 0) is 30.9 Å². The van der Waals surface area contributed by atoms with Crippen molar-refractivity contribution in [3.8, 4) is 0 Å². The molecule has 29 heavy (non-hydrogen) atoms. The Kier molecular flexibility index (Phi) is 5.98. The van der Waals surface area contributed by atoms with E-state index in [-0.39, 0.29) is 11.5 Å². The van der Waals surface area contributed by atoms with Crippen LogP contribution < -0.4 is 10.9 Å². The molecular weight excluding hydrogens is 376 g/mol. The van der Waals surface area contributed by atoms with Crippen molar-refractivity contribution in [3.05, 3.63) is 91.7 Å². The summed E-state index contributed by atoms with van der Waals surface area (Å²) in [5.41, 5.74) is 6.93. The van der Waals surface area contributed by atoms with Gasteiger partial charge < -0.3 is 10.9 Å². The lowest BCUT2D eigenvalue weighted by atomic mass is 9.88. The highest BCUT2D eigenvalue weighted by Crippen LogP contribution is 2.27. The van der Waals surface area contributed by atoms with Gasteiger partial charge in [0.1, 0.15) is 0 Å². The zero-order valence-corrected chi connectivity index (χ0v) is 15.3. The number of nitro benzene ring substituents is 2. The Morgan fingerprint density at radius 3 is 2.14 bits per heavy atom. The number of non-ortho nitro benzene ring substituents is 2. The number of nitrogens with one attached hydrogen (secondary N) is 2. The molecule has 1 aliphatic carbocycles. The third-order valence-electron chi connectivity index (χ3n) is 4.40. The fraction of sp³-hybridized carbons (Fsp3) is 0.150. The van der Waals surface area contributed by atoms with E-state index < -0.39 is 21.2 Å². The summed E-state index contributed by atoms with van der Waals surface area (Å²) in [4.78, 5) is 33.2. The van der Waals surface area contributed by atoms with Gasteiger partial charge >= 0.3 is 0 Å². The second kappa shape index (κ2) is 8.79. The number of rotatable bonds is 6. The highest BCUT2D eigenvalue weighted by atomic mass is 16.6. The van der Waals surface area contributed by atoms with Gasteiger partial charge in [-0.2, -0.15) is 0 Å². The third-order valence-corrected chi connectivity index (χ3v) is 4.40. The van der Waals surface area contributed by atoms with Crippen molar-refractivity contribution in [2.45, 2.75) is 19.3 Å². The summed E-state index contributed by atoms with van der Waals surface area (Å²) in [6, 6.07) is 12.8. The molecule has 0 aliphatic heterocycles. The molecule has 3 rings (SSSR count). The quantitative estimate of drug-likeness (QED) is 0.428. The number of nitro groups is 2. The summed E-state index contributed by atoms with van der Waals surface area (Å²) in [5, 5.41) is 21.9. The van der Waals surface area contributed by atoms with Crippen molar-refractivity contribution in [1.29, 1.82) is 0 Å². The molecule has 0 aromatic heterocycles. The van der Waals surface area contributed by atoms with E-state index in [2.05, 4.69) is 10.9 Å². The topological polar surface area (TPSA) is 127 Å². The molecule has 0 radical (unpaired) electrons. The SMILES string of the molecule is O=C1C(=CNNc2cc([N+](=O)[O-])cc([N+](=O)[O-])c2)CCC/C1=C/c1ccccc1. The lowest BCUT2D eigenvalue weighted by Gasteiger charge is -2.17. The number of hydrogen-bond acceptors (Lipinski definition) is 7. The minimum atomic E-state index is -0.706. The molecular formula is C20H18N4O5. The summed E-state index contributed by atoms with van der Waals surface area (Å²) in [6.07, 6.45) is 5.46. The van der Waals surface area contributed by atoms with Crippen molar-refractivity contribution in [2.24, 2.45) is 0 Å². The van der Waals surface area contributed by atoms with E-state index in [9.17, 15) is 25.0 Å². The van der Waals surface area contributed by atoms with Crippen LogP contribution in [0.4, 0.5) is 17.1 Å². The second-order valence-electron chi connectivity index (χ2n) is 6.45. The number of anilines is 1. The Bertz CT molecular complexity index is 983. The Morgan fingerprint density at radius 2 is 1.52 bits per heavy atom. The van der Waals surface area contributed by atoms with Crippen LogP contribution in [0.5, 0.6) is 0 Å². The minimum Gasteiger partial charge on any atom is -0.308 e. The first-order valence-electron chi connectivity index (χ1n) is 8.89. The Labute approximate surface area is 166 Å². The zero-order valence-electron chi connectivity index (χ0n) is 15.3. The number of hydrazine groups is 1. The van der Waals surface area contributed by atoms with Crippen LogP contribution >= 0.6 is 0 Å². The van der Waals surface area contributed by atoms with Gasteiger partial charge in [0.2, 0.25) is 0 Å². The summed E-state index contributed by atoms with van der Waals surface area (Å²) in [6.45, 7) is 0. The fourth-order valence-corrected chi connectivity index (χ4v) is 3.01. The van der Waals surface area contributed by atoms with Gasteiger partial charge in [-0.25, -0.2) is 0 Å². The van der Waals surface area contributed by atoms with Crippen molar-refractivity contribution in [1.82, 2.24) is 5.43 Å². The summed E-state index contributed by atoms with van der Waals surface area (Å²) in [7, 11) is 0. The van der Waals surface area contributed by atoms with Gasteiger partial charge in [0.15, 0.2) is 5.78 Å². The van der Waals surface area contributed by atoms with Crippen LogP contribution in [0, 0.1) is 20.2 Å². The molecule has 1 fully saturated rings. The third kappa shape index (κ3) is 5.04. The zero-order chi connectivity index (χ0) is 20.8. The molecule has 2 N–H and O–H groups in total. The Morgan fingerprint density at radius 1 is 0.897 bits per heavy atom. The van der Waals surface area contributed by atoms with E-state index in [4.69, 9.17) is 0 Å². The van der Waals surface area contributed by atoms with Crippen LogP contribution in [-0.2, 0) is 4.79 Å². The van der Waals surface area contributed by atoms with Crippen LogP contribution in [0.2, 0.25) is 0 Å². The smallest absolute Gasteiger partial charge is 0.278 e.